The molecule has 0 aromatic rings. The molecule has 0 amide bonds. The topological polar surface area (TPSA) is 34.1 Å². The molecule has 4 heteroatoms. The first kappa shape index (κ1) is 15.7. The number of Topliss-reactive ketones (excluding diaryl/α,β-unsaturated/α-hetero) is 1. The number of carbonyl (C=O) groups is 2. The van der Waals surface area contributed by atoms with E-state index in [1.165, 1.54) is 6.08 Å². The summed E-state index contributed by atoms with van der Waals surface area (Å²) in [5.41, 5.74) is -0.545. The summed E-state index contributed by atoms with van der Waals surface area (Å²) in [6.45, 7) is 11.1. The lowest BCUT2D eigenvalue weighted by molar-refractivity contribution is -0.127. The van der Waals surface area contributed by atoms with E-state index in [-0.39, 0.29) is 11.6 Å². The van der Waals surface area contributed by atoms with Gasteiger partial charge in [-0.3, -0.25) is 9.59 Å². The second kappa shape index (κ2) is 4.35. The van der Waals surface area contributed by atoms with E-state index in [9.17, 15) is 9.59 Å². The van der Waals surface area contributed by atoms with Crippen molar-refractivity contribution >= 4 is 34.8 Å². The lowest BCUT2D eigenvalue weighted by Gasteiger charge is -2.43. The van der Waals surface area contributed by atoms with Crippen LogP contribution in [0.4, 0.5) is 0 Å². The highest BCUT2D eigenvalue weighted by atomic mass is 35.5. The SMILES string of the molecule is CC(C)(C)C1=CC(=O)[C@@](Cl)(C(C)(C)C)[C@@H](Cl)C1=O. The largest absolute Gasteiger partial charge is 0.293 e. The molecule has 0 spiro atoms. The molecule has 0 aliphatic heterocycles. The van der Waals surface area contributed by atoms with Gasteiger partial charge in [-0.05, 0) is 16.9 Å². The molecule has 102 valence electrons. The van der Waals surface area contributed by atoms with E-state index >= 15 is 0 Å². The minimum Gasteiger partial charge on any atom is -0.293 e. The second-order valence-electron chi connectivity index (χ2n) is 6.86. The van der Waals surface area contributed by atoms with Crippen molar-refractivity contribution in [1.82, 2.24) is 0 Å². The van der Waals surface area contributed by atoms with Crippen molar-refractivity contribution in [3.63, 3.8) is 0 Å². The van der Waals surface area contributed by atoms with Crippen LogP contribution in [0.25, 0.3) is 0 Å². The lowest BCUT2D eigenvalue weighted by atomic mass is 9.67. The summed E-state index contributed by atoms with van der Waals surface area (Å²) in [5.74, 6) is -0.519. The highest BCUT2D eigenvalue weighted by Gasteiger charge is 2.57. The van der Waals surface area contributed by atoms with E-state index in [1.54, 1.807) is 0 Å². The lowest BCUT2D eigenvalue weighted by Crippen LogP contribution is -2.57. The number of ketones is 2. The minimum absolute atomic E-state index is 0.242. The third-order valence-electron chi connectivity index (χ3n) is 3.38. The van der Waals surface area contributed by atoms with Crippen molar-refractivity contribution < 1.29 is 9.59 Å². The molecule has 0 saturated heterocycles. The Bertz CT molecular complexity index is 424. The molecule has 0 saturated carbocycles. The van der Waals surface area contributed by atoms with E-state index in [4.69, 9.17) is 23.2 Å². The molecule has 1 aliphatic rings. The fourth-order valence-corrected chi connectivity index (χ4v) is 2.79. The number of rotatable bonds is 0. The molecule has 0 fully saturated rings. The molecule has 0 N–H and O–H groups in total. The van der Waals surface area contributed by atoms with Gasteiger partial charge in [0, 0.05) is 5.57 Å². The molecule has 2 atom stereocenters. The standard InChI is InChI=1S/C14H20Cl2O2/c1-12(2,3)8-7-9(17)14(16,13(4,5)6)11(15)10(8)18/h7,11H,1-6H3/t11-,14-/m0/s1. The van der Waals surface area contributed by atoms with Crippen LogP contribution < -0.4 is 0 Å². The van der Waals surface area contributed by atoms with Crippen molar-refractivity contribution in [2.75, 3.05) is 0 Å². The van der Waals surface area contributed by atoms with E-state index in [0.717, 1.165) is 0 Å². The summed E-state index contributed by atoms with van der Waals surface area (Å²) < 4.78 is 0. The number of hydrogen-bond donors (Lipinski definition) is 0. The summed E-state index contributed by atoms with van der Waals surface area (Å²) in [5, 5.41) is -1.02. The van der Waals surface area contributed by atoms with Gasteiger partial charge in [-0.1, -0.05) is 41.5 Å². The molecule has 0 bridgehead atoms. The third kappa shape index (κ3) is 2.25. The average Bonchev–Trinajstić information content (AvgIpc) is 2.16. The highest BCUT2D eigenvalue weighted by Crippen LogP contribution is 2.47. The summed E-state index contributed by atoms with van der Waals surface area (Å²) in [4.78, 5) is 23.3. The molecule has 0 unspecified atom stereocenters. The molecule has 1 rings (SSSR count). The van der Waals surface area contributed by atoms with Crippen LogP contribution in [0.3, 0.4) is 0 Å². The van der Waals surface area contributed by atoms with Crippen LogP contribution in [0, 0.1) is 10.8 Å². The van der Waals surface area contributed by atoms with E-state index < -0.39 is 21.1 Å². The quantitative estimate of drug-likeness (QED) is 0.637. The van der Waals surface area contributed by atoms with Gasteiger partial charge in [-0.25, -0.2) is 0 Å². The number of hydrogen-bond acceptors (Lipinski definition) is 2. The summed E-state index contributed by atoms with van der Waals surface area (Å²) in [6, 6.07) is 0. The fourth-order valence-electron chi connectivity index (χ4n) is 2.09. The second-order valence-corrected chi connectivity index (χ2v) is 7.89. The number of carbonyl (C=O) groups excluding carboxylic acids is 2. The maximum atomic E-state index is 12.3. The normalized spacial score (nSPS) is 30.4. The Balaban J connectivity index is 3.42. The van der Waals surface area contributed by atoms with Gasteiger partial charge in [0.1, 0.15) is 10.3 Å². The summed E-state index contributed by atoms with van der Waals surface area (Å²) >= 11 is 12.6. The highest BCUT2D eigenvalue weighted by molar-refractivity contribution is 6.50. The molecule has 0 aromatic carbocycles. The first-order valence-corrected chi connectivity index (χ1v) is 6.78. The zero-order chi connectivity index (χ0) is 14.5. The van der Waals surface area contributed by atoms with Crippen molar-refractivity contribution in [3.05, 3.63) is 11.6 Å². The Morgan fingerprint density at radius 1 is 1.11 bits per heavy atom. The molecule has 0 radical (unpaired) electrons. The third-order valence-corrected chi connectivity index (χ3v) is 4.99. The van der Waals surface area contributed by atoms with E-state index in [0.29, 0.717) is 5.57 Å². The predicted molar refractivity (Wildman–Crippen MR) is 75.2 cm³/mol. The van der Waals surface area contributed by atoms with Gasteiger partial charge in [-0.15, -0.1) is 23.2 Å². The summed E-state index contributed by atoms with van der Waals surface area (Å²) in [6.07, 6.45) is 1.37. The van der Waals surface area contributed by atoms with Gasteiger partial charge in [0.25, 0.3) is 0 Å². The van der Waals surface area contributed by atoms with Gasteiger partial charge in [0.05, 0.1) is 0 Å². The molecule has 0 heterocycles. The van der Waals surface area contributed by atoms with Crippen LogP contribution in [0.15, 0.2) is 11.6 Å². The van der Waals surface area contributed by atoms with Crippen LogP contribution in [-0.4, -0.2) is 21.8 Å². The maximum Gasteiger partial charge on any atom is 0.179 e. The monoisotopic (exact) mass is 290 g/mol. The minimum atomic E-state index is -1.37. The van der Waals surface area contributed by atoms with Gasteiger partial charge < -0.3 is 0 Å². The molecular weight excluding hydrogens is 271 g/mol. The fraction of sp³-hybridized carbons (Fsp3) is 0.714. The van der Waals surface area contributed by atoms with Crippen LogP contribution in [-0.2, 0) is 9.59 Å². The van der Waals surface area contributed by atoms with Crippen molar-refractivity contribution in [2.45, 2.75) is 51.8 Å². The van der Waals surface area contributed by atoms with Crippen LogP contribution in [0.1, 0.15) is 41.5 Å². The maximum absolute atomic E-state index is 12.3. The first-order chi connectivity index (χ1) is 7.83. The smallest absolute Gasteiger partial charge is 0.179 e. The molecule has 1 aliphatic carbocycles. The summed E-state index contributed by atoms with van der Waals surface area (Å²) in [7, 11) is 0. The van der Waals surface area contributed by atoms with Gasteiger partial charge in [0.2, 0.25) is 0 Å². The van der Waals surface area contributed by atoms with Gasteiger partial charge in [0.15, 0.2) is 11.6 Å². The Morgan fingerprint density at radius 3 is 1.89 bits per heavy atom. The van der Waals surface area contributed by atoms with Crippen LogP contribution in [0.5, 0.6) is 0 Å². The molecule has 18 heavy (non-hydrogen) atoms. The molecule has 2 nitrogen and oxygen atoms in total. The van der Waals surface area contributed by atoms with Gasteiger partial charge >= 0.3 is 0 Å². The first-order valence-electron chi connectivity index (χ1n) is 5.97. The molecule has 0 aromatic heterocycles. The van der Waals surface area contributed by atoms with Crippen molar-refractivity contribution in [2.24, 2.45) is 10.8 Å². The Morgan fingerprint density at radius 2 is 1.56 bits per heavy atom. The van der Waals surface area contributed by atoms with Crippen molar-refractivity contribution in [1.29, 1.82) is 0 Å². The van der Waals surface area contributed by atoms with Crippen LogP contribution >= 0.6 is 23.2 Å². The van der Waals surface area contributed by atoms with Crippen molar-refractivity contribution in [3.8, 4) is 0 Å². The van der Waals surface area contributed by atoms with Crippen LogP contribution in [0.2, 0.25) is 0 Å². The zero-order valence-corrected chi connectivity index (χ0v) is 13.2. The van der Waals surface area contributed by atoms with Gasteiger partial charge in [-0.2, -0.15) is 0 Å². The predicted octanol–water partition coefficient (Wildman–Crippen LogP) is 3.74. The zero-order valence-electron chi connectivity index (χ0n) is 11.7. The Kier molecular flexibility index (Phi) is 3.79. The number of allylic oxidation sites excluding steroid dienone is 2. The van der Waals surface area contributed by atoms with E-state index in [2.05, 4.69) is 0 Å². The van der Waals surface area contributed by atoms with E-state index in [1.807, 2.05) is 41.5 Å². The number of alkyl halides is 2. The molecular formula is C14H20Cl2O2. The Labute approximate surface area is 119 Å². The number of halogens is 2. The Hall–Kier alpha value is -0.340. The average molecular weight is 291 g/mol.